The van der Waals surface area contributed by atoms with Crippen LogP contribution >= 0.6 is 0 Å². The minimum Gasteiger partial charge on any atom is -0.435 e. The van der Waals surface area contributed by atoms with Gasteiger partial charge in [-0.3, -0.25) is 4.79 Å². The Bertz CT molecular complexity index is 998. The summed E-state index contributed by atoms with van der Waals surface area (Å²) >= 11 is 0. The number of halogens is 3. The second kappa shape index (κ2) is 5.33. The number of likely N-dealkylation sites (N-methyl/N-ethyl adjacent to an activating group) is 1. The molecule has 0 radical (unpaired) electrons. The summed E-state index contributed by atoms with van der Waals surface area (Å²) in [5.41, 5.74) is -0.369. The van der Waals surface area contributed by atoms with Crippen molar-refractivity contribution in [2.45, 2.75) is 24.7 Å². The fraction of sp³-hybridized carbons (Fsp3) is 0.263. The lowest BCUT2D eigenvalue weighted by atomic mass is 9.78. The third-order valence-electron chi connectivity index (χ3n) is 4.87. The second-order valence-electron chi connectivity index (χ2n) is 6.73. The number of fused-ring (bicyclic) bond motifs is 2. The van der Waals surface area contributed by atoms with E-state index >= 15 is 0 Å². The van der Waals surface area contributed by atoms with E-state index in [1.807, 2.05) is 0 Å². The van der Waals surface area contributed by atoms with Crippen LogP contribution in [0.4, 0.5) is 18.9 Å². The average molecular weight is 360 g/mol. The normalized spacial score (nSPS) is 20.0. The molecule has 4 rings (SSSR count). The quantitative estimate of drug-likeness (QED) is 0.696. The number of benzene rings is 2. The first kappa shape index (κ1) is 16.6. The number of amides is 1. The molecule has 0 saturated carbocycles. The molecule has 26 heavy (non-hydrogen) atoms. The summed E-state index contributed by atoms with van der Waals surface area (Å²) in [6.07, 6.45) is -0.869. The number of oxazole rings is 1. The first-order chi connectivity index (χ1) is 12.2. The van der Waals surface area contributed by atoms with E-state index in [1.54, 1.807) is 24.3 Å². The van der Waals surface area contributed by atoms with Crippen molar-refractivity contribution in [3.63, 3.8) is 0 Å². The zero-order valence-electron chi connectivity index (χ0n) is 14.1. The Morgan fingerprint density at radius 2 is 1.96 bits per heavy atom. The van der Waals surface area contributed by atoms with Gasteiger partial charge in [-0.15, -0.1) is 0 Å². The van der Waals surface area contributed by atoms with Gasteiger partial charge in [0.15, 0.2) is 5.58 Å². The van der Waals surface area contributed by atoms with Gasteiger partial charge in [-0.05, 0) is 42.8 Å². The van der Waals surface area contributed by atoms with Crippen LogP contribution in [-0.4, -0.2) is 17.9 Å². The largest absolute Gasteiger partial charge is 0.435 e. The lowest BCUT2D eigenvalue weighted by molar-refractivity contribution is -0.128. The number of hydrogen-bond donors (Lipinski definition) is 0. The number of para-hydroxylation sites is 2. The van der Waals surface area contributed by atoms with Crippen molar-refractivity contribution in [1.82, 2.24) is 4.98 Å². The molecule has 1 aliphatic rings. The van der Waals surface area contributed by atoms with Crippen LogP contribution in [0.5, 0.6) is 0 Å². The number of hydrogen-bond acceptors (Lipinski definition) is 3. The van der Waals surface area contributed by atoms with Crippen LogP contribution in [0.2, 0.25) is 0 Å². The molecule has 0 bridgehead atoms. The predicted octanol–water partition coefficient (Wildman–Crippen LogP) is 4.38. The van der Waals surface area contributed by atoms with Gasteiger partial charge in [0.05, 0.1) is 5.41 Å². The highest BCUT2D eigenvalue weighted by atomic mass is 19.3. The third-order valence-corrected chi connectivity index (χ3v) is 4.87. The summed E-state index contributed by atoms with van der Waals surface area (Å²) in [6.45, 7) is 1.40. The van der Waals surface area contributed by atoms with Crippen molar-refractivity contribution < 1.29 is 22.4 Å². The Morgan fingerprint density at radius 3 is 2.69 bits per heavy atom. The fourth-order valence-electron chi connectivity index (χ4n) is 3.56. The number of alkyl halides is 2. The molecule has 0 saturated heterocycles. The Balaban J connectivity index is 1.77. The van der Waals surface area contributed by atoms with Crippen LogP contribution in [0.1, 0.15) is 24.8 Å². The molecule has 1 amide bonds. The Kier molecular flexibility index (Phi) is 3.41. The smallest absolute Gasteiger partial charge is 0.323 e. The summed E-state index contributed by atoms with van der Waals surface area (Å²) in [5.74, 6) is -5.35. The van der Waals surface area contributed by atoms with Gasteiger partial charge >= 0.3 is 5.92 Å². The van der Waals surface area contributed by atoms with Crippen molar-refractivity contribution in [3.8, 4) is 0 Å². The van der Waals surface area contributed by atoms with Gasteiger partial charge in [-0.2, -0.15) is 8.78 Å². The molecule has 3 aromatic rings. The average Bonchev–Trinajstić information content (AvgIpc) is 3.11. The van der Waals surface area contributed by atoms with Crippen molar-refractivity contribution in [1.29, 1.82) is 0 Å². The zero-order chi connectivity index (χ0) is 18.7. The standard InChI is InChI=1S/C19H15F3N2O2/c1-18(12-9-11(20)7-8-14(12)24(2)17(18)25)10-19(21,22)16-23-13-5-3-4-6-15(13)26-16/h3-9H,10H2,1-2H3. The molecule has 1 aromatic heterocycles. The summed E-state index contributed by atoms with van der Waals surface area (Å²) in [7, 11) is 1.49. The van der Waals surface area contributed by atoms with Crippen molar-refractivity contribution in [2.24, 2.45) is 0 Å². The Hall–Kier alpha value is -2.83. The summed E-state index contributed by atoms with van der Waals surface area (Å²) < 4.78 is 48.8. The van der Waals surface area contributed by atoms with Crippen molar-refractivity contribution >= 4 is 22.7 Å². The van der Waals surface area contributed by atoms with Gasteiger partial charge in [0.1, 0.15) is 11.3 Å². The lowest BCUT2D eigenvalue weighted by Gasteiger charge is -2.26. The molecule has 7 heteroatoms. The summed E-state index contributed by atoms with van der Waals surface area (Å²) in [5, 5.41) is 0. The maximum Gasteiger partial charge on any atom is 0.323 e. The van der Waals surface area contributed by atoms with E-state index in [2.05, 4.69) is 4.98 Å². The van der Waals surface area contributed by atoms with Gasteiger partial charge in [0.25, 0.3) is 5.89 Å². The van der Waals surface area contributed by atoms with Crippen LogP contribution < -0.4 is 4.90 Å². The van der Waals surface area contributed by atoms with Crippen LogP contribution in [0.3, 0.4) is 0 Å². The van der Waals surface area contributed by atoms with Gasteiger partial charge in [-0.25, -0.2) is 9.37 Å². The maximum atomic E-state index is 15.0. The number of carbonyl (C=O) groups is 1. The van der Waals surface area contributed by atoms with Crippen LogP contribution in [-0.2, 0) is 16.1 Å². The van der Waals surface area contributed by atoms with E-state index in [0.29, 0.717) is 11.2 Å². The van der Waals surface area contributed by atoms with E-state index in [1.165, 1.54) is 31.0 Å². The Labute approximate surface area is 147 Å². The van der Waals surface area contributed by atoms with E-state index in [4.69, 9.17) is 4.42 Å². The van der Waals surface area contributed by atoms with Gasteiger partial charge < -0.3 is 9.32 Å². The molecular formula is C19H15F3N2O2. The minimum atomic E-state index is -3.50. The predicted molar refractivity (Wildman–Crippen MR) is 89.7 cm³/mol. The molecule has 2 heterocycles. The molecule has 1 unspecified atom stereocenters. The molecule has 2 aromatic carbocycles. The molecular weight excluding hydrogens is 345 g/mol. The van der Waals surface area contributed by atoms with Gasteiger partial charge in [0, 0.05) is 19.2 Å². The highest BCUT2D eigenvalue weighted by Gasteiger charge is 2.54. The Morgan fingerprint density at radius 1 is 1.23 bits per heavy atom. The molecule has 1 atom stereocenters. The number of carbonyl (C=O) groups excluding carboxylic acids is 1. The molecule has 0 N–H and O–H groups in total. The van der Waals surface area contributed by atoms with E-state index in [-0.39, 0.29) is 11.1 Å². The number of rotatable bonds is 3. The molecule has 0 spiro atoms. The summed E-state index contributed by atoms with van der Waals surface area (Å²) in [4.78, 5) is 17.8. The highest BCUT2D eigenvalue weighted by Crippen LogP contribution is 2.49. The highest BCUT2D eigenvalue weighted by molar-refractivity contribution is 6.07. The topological polar surface area (TPSA) is 46.3 Å². The van der Waals surface area contributed by atoms with E-state index in [0.717, 1.165) is 6.07 Å². The lowest BCUT2D eigenvalue weighted by Crippen LogP contribution is -2.40. The number of nitrogens with zero attached hydrogens (tertiary/aromatic N) is 2. The summed E-state index contributed by atoms with van der Waals surface area (Å²) in [6, 6.07) is 10.2. The van der Waals surface area contributed by atoms with Crippen molar-refractivity contribution in [2.75, 3.05) is 11.9 Å². The maximum absolute atomic E-state index is 15.0. The molecule has 0 fully saturated rings. The van der Waals surface area contributed by atoms with Crippen molar-refractivity contribution in [3.05, 3.63) is 59.7 Å². The third kappa shape index (κ3) is 2.30. The second-order valence-corrected chi connectivity index (χ2v) is 6.73. The van der Waals surface area contributed by atoms with Gasteiger partial charge in [0.2, 0.25) is 5.91 Å². The van der Waals surface area contributed by atoms with Crippen LogP contribution in [0.25, 0.3) is 11.1 Å². The first-order valence-electron chi connectivity index (χ1n) is 8.04. The van der Waals surface area contributed by atoms with Crippen LogP contribution in [0, 0.1) is 5.82 Å². The molecule has 4 nitrogen and oxygen atoms in total. The molecule has 1 aliphatic heterocycles. The zero-order valence-corrected chi connectivity index (χ0v) is 14.1. The molecule has 0 aliphatic carbocycles. The molecule has 134 valence electrons. The monoisotopic (exact) mass is 360 g/mol. The number of aromatic nitrogens is 1. The minimum absolute atomic E-state index is 0.237. The SMILES string of the molecule is CN1C(=O)C(C)(CC(F)(F)c2nc3ccccc3o2)c2cc(F)ccc21. The van der Waals surface area contributed by atoms with Gasteiger partial charge in [-0.1, -0.05) is 12.1 Å². The number of anilines is 1. The first-order valence-corrected chi connectivity index (χ1v) is 8.04. The van der Waals surface area contributed by atoms with Crippen LogP contribution in [0.15, 0.2) is 46.9 Å². The van der Waals surface area contributed by atoms with E-state index in [9.17, 15) is 18.0 Å². The van der Waals surface area contributed by atoms with E-state index < -0.39 is 35.4 Å². The fourth-order valence-corrected chi connectivity index (χ4v) is 3.56.